The summed E-state index contributed by atoms with van der Waals surface area (Å²) < 4.78 is 5.30. The van der Waals surface area contributed by atoms with Crippen LogP contribution in [0.2, 0.25) is 0 Å². The second-order valence-corrected chi connectivity index (χ2v) is 3.75. The first-order valence-corrected chi connectivity index (χ1v) is 5.28. The SMILES string of the molecule is N#CC(C(=O)C1CCCO1)c1cccnc1. The molecule has 1 saturated heterocycles. The van der Waals surface area contributed by atoms with Crippen molar-refractivity contribution in [3.8, 4) is 6.07 Å². The molecule has 0 aromatic carbocycles. The number of carbonyl (C=O) groups excluding carboxylic acids is 1. The summed E-state index contributed by atoms with van der Waals surface area (Å²) in [4.78, 5) is 15.9. The van der Waals surface area contributed by atoms with Gasteiger partial charge in [0.1, 0.15) is 12.0 Å². The zero-order valence-electron chi connectivity index (χ0n) is 8.80. The molecule has 1 aromatic heterocycles. The van der Waals surface area contributed by atoms with Crippen LogP contribution in [0.25, 0.3) is 0 Å². The summed E-state index contributed by atoms with van der Waals surface area (Å²) >= 11 is 0. The molecule has 0 amide bonds. The van der Waals surface area contributed by atoms with Crippen molar-refractivity contribution < 1.29 is 9.53 Å². The molecule has 2 heterocycles. The Labute approximate surface area is 93.9 Å². The monoisotopic (exact) mass is 216 g/mol. The molecule has 1 aliphatic heterocycles. The molecule has 0 spiro atoms. The molecule has 2 atom stereocenters. The van der Waals surface area contributed by atoms with Gasteiger partial charge in [0.25, 0.3) is 0 Å². The van der Waals surface area contributed by atoms with Gasteiger partial charge in [-0.25, -0.2) is 0 Å². The normalized spacial score (nSPS) is 21.3. The zero-order chi connectivity index (χ0) is 11.4. The van der Waals surface area contributed by atoms with Gasteiger partial charge in [0, 0.05) is 19.0 Å². The second-order valence-electron chi connectivity index (χ2n) is 3.75. The molecule has 0 N–H and O–H groups in total. The number of rotatable bonds is 3. The molecule has 4 heteroatoms. The summed E-state index contributed by atoms with van der Waals surface area (Å²) in [7, 11) is 0. The topological polar surface area (TPSA) is 63.0 Å². The van der Waals surface area contributed by atoms with Crippen molar-refractivity contribution in [3.05, 3.63) is 30.1 Å². The smallest absolute Gasteiger partial charge is 0.183 e. The van der Waals surface area contributed by atoms with Gasteiger partial charge in [0.05, 0.1) is 6.07 Å². The van der Waals surface area contributed by atoms with Gasteiger partial charge in [-0.2, -0.15) is 5.26 Å². The van der Waals surface area contributed by atoms with Crippen molar-refractivity contribution in [1.82, 2.24) is 4.98 Å². The fourth-order valence-corrected chi connectivity index (χ4v) is 1.84. The molecule has 2 unspecified atom stereocenters. The van der Waals surface area contributed by atoms with E-state index in [1.165, 1.54) is 0 Å². The van der Waals surface area contributed by atoms with Crippen LogP contribution in [0.4, 0.5) is 0 Å². The van der Waals surface area contributed by atoms with Crippen molar-refractivity contribution in [2.75, 3.05) is 6.61 Å². The molecule has 0 saturated carbocycles. The van der Waals surface area contributed by atoms with Crippen LogP contribution >= 0.6 is 0 Å². The first-order chi connectivity index (χ1) is 7.83. The maximum atomic E-state index is 12.0. The van der Waals surface area contributed by atoms with Gasteiger partial charge in [0.2, 0.25) is 0 Å². The summed E-state index contributed by atoms with van der Waals surface area (Å²) in [5, 5.41) is 9.06. The van der Waals surface area contributed by atoms with Crippen LogP contribution in [-0.4, -0.2) is 23.5 Å². The highest BCUT2D eigenvalue weighted by atomic mass is 16.5. The van der Waals surface area contributed by atoms with E-state index >= 15 is 0 Å². The first-order valence-electron chi connectivity index (χ1n) is 5.28. The Morgan fingerprint density at radius 3 is 3.12 bits per heavy atom. The molecule has 0 aliphatic carbocycles. The highest BCUT2D eigenvalue weighted by Gasteiger charge is 2.31. The molecule has 82 valence electrons. The first kappa shape index (κ1) is 10.8. The zero-order valence-corrected chi connectivity index (χ0v) is 8.80. The van der Waals surface area contributed by atoms with E-state index in [1.54, 1.807) is 24.5 Å². The molecule has 4 nitrogen and oxygen atoms in total. The van der Waals surface area contributed by atoms with Crippen molar-refractivity contribution in [3.63, 3.8) is 0 Å². The molecule has 16 heavy (non-hydrogen) atoms. The number of ketones is 1. The van der Waals surface area contributed by atoms with E-state index in [2.05, 4.69) is 4.98 Å². The fourth-order valence-electron chi connectivity index (χ4n) is 1.84. The van der Waals surface area contributed by atoms with E-state index in [9.17, 15) is 4.79 Å². The van der Waals surface area contributed by atoms with Gasteiger partial charge in [-0.3, -0.25) is 9.78 Å². The standard InChI is InChI=1S/C12H12N2O2/c13-7-10(9-3-1-5-14-8-9)12(15)11-4-2-6-16-11/h1,3,5,8,10-11H,2,4,6H2. The maximum Gasteiger partial charge on any atom is 0.183 e. The lowest BCUT2D eigenvalue weighted by molar-refractivity contribution is -0.128. The molecular weight excluding hydrogens is 204 g/mol. The quantitative estimate of drug-likeness (QED) is 0.766. The number of hydrogen-bond donors (Lipinski definition) is 0. The molecule has 1 aliphatic rings. The number of nitrogens with zero attached hydrogens (tertiary/aromatic N) is 2. The lowest BCUT2D eigenvalue weighted by atomic mass is 9.93. The Balaban J connectivity index is 2.17. The number of aromatic nitrogens is 1. The molecule has 1 aromatic rings. The number of pyridine rings is 1. The highest BCUT2D eigenvalue weighted by Crippen LogP contribution is 2.22. The van der Waals surface area contributed by atoms with E-state index in [1.807, 2.05) is 6.07 Å². The van der Waals surface area contributed by atoms with Crippen molar-refractivity contribution >= 4 is 5.78 Å². The van der Waals surface area contributed by atoms with Gasteiger partial charge >= 0.3 is 0 Å². The summed E-state index contributed by atoms with van der Waals surface area (Å²) in [5.74, 6) is -0.898. The predicted octanol–water partition coefficient (Wildman–Crippen LogP) is 1.44. The Morgan fingerprint density at radius 2 is 2.56 bits per heavy atom. The minimum Gasteiger partial charge on any atom is -0.370 e. The van der Waals surface area contributed by atoms with Crippen molar-refractivity contribution in [2.24, 2.45) is 0 Å². The van der Waals surface area contributed by atoms with Gasteiger partial charge in [-0.05, 0) is 24.5 Å². The lowest BCUT2D eigenvalue weighted by Crippen LogP contribution is -2.25. The maximum absolute atomic E-state index is 12.0. The number of ether oxygens (including phenoxy) is 1. The van der Waals surface area contributed by atoms with E-state index in [-0.39, 0.29) is 5.78 Å². The average molecular weight is 216 g/mol. The minimum atomic E-state index is -0.753. The minimum absolute atomic E-state index is 0.145. The van der Waals surface area contributed by atoms with Crippen LogP contribution in [0.15, 0.2) is 24.5 Å². The highest BCUT2D eigenvalue weighted by molar-refractivity contribution is 5.92. The Hall–Kier alpha value is -1.73. The van der Waals surface area contributed by atoms with Crippen molar-refractivity contribution in [1.29, 1.82) is 5.26 Å². The van der Waals surface area contributed by atoms with Gasteiger partial charge in [0.15, 0.2) is 5.78 Å². The largest absolute Gasteiger partial charge is 0.370 e. The molecular formula is C12H12N2O2. The molecule has 0 radical (unpaired) electrons. The van der Waals surface area contributed by atoms with Crippen LogP contribution in [0, 0.1) is 11.3 Å². The Morgan fingerprint density at radius 1 is 1.69 bits per heavy atom. The average Bonchev–Trinajstić information content (AvgIpc) is 2.85. The summed E-state index contributed by atoms with van der Waals surface area (Å²) in [6, 6.07) is 5.49. The second kappa shape index (κ2) is 4.86. The lowest BCUT2D eigenvalue weighted by Gasteiger charge is -2.12. The van der Waals surface area contributed by atoms with Crippen LogP contribution < -0.4 is 0 Å². The van der Waals surface area contributed by atoms with Crippen LogP contribution in [0.3, 0.4) is 0 Å². The number of nitriles is 1. The van der Waals surface area contributed by atoms with Gasteiger partial charge in [-0.1, -0.05) is 6.07 Å². The van der Waals surface area contributed by atoms with Crippen LogP contribution in [-0.2, 0) is 9.53 Å². The van der Waals surface area contributed by atoms with E-state index in [0.717, 1.165) is 12.8 Å². The molecule has 2 rings (SSSR count). The fraction of sp³-hybridized carbons (Fsp3) is 0.417. The van der Waals surface area contributed by atoms with E-state index in [4.69, 9.17) is 10.00 Å². The predicted molar refractivity (Wildman–Crippen MR) is 56.6 cm³/mol. The molecule has 1 fully saturated rings. The Bertz CT molecular complexity index is 405. The van der Waals surface area contributed by atoms with Crippen molar-refractivity contribution in [2.45, 2.75) is 24.9 Å². The summed E-state index contributed by atoms with van der Waals surface area (Å²) in [5.41, 5.74) is 0.644. The van der Waals surface area contributed by atoms with Gasteiger partial charge < -0.3 is 4.74 Å². The van der Waals surface area contributed by atoms with E-state index in [0.29, 0.717) is 12.2 Å². The van der Waals surface area contributed by atoms with Gasteiger partial charge in [-0.15, -0.1) is 0 Å². The van der Waals surface area contributed by atoms with Crippen LogP contribution in [0.1, 0.15) is 24.3 Å². The number of hydrogen-bond acceptors (Lipinski definition) is 4. The van der Waals surface area contributed by atoms with Crippen LogP contribution in [0.5, 0.6) is 0 Å². The third-order valence-electron chi connectivity index (χ3n) is 2.68. The summed E-state index contributed by atoms with van der Waals surface area (Å²) in [6.45, 7) is 0.613. The Kier molecular flexibility index (Phi) is 3.28. The third kappa shape index (κ3) is 2.10. The summed E-state index contributed by atoms with van der Waals surface area (Å²) in [6.07, 6.45) is 4.37. The third-order valence-corrected chi connectivity index (χ3v) is 2.68. The molecule has 0 bridgehead atoms. The van der Waals surface area contributed by atoms with E-state index < -0.39 is 12.0 Å². The number of carbonyl (C=O) groups is 1. The number of Topliss-reactive ketones (excluding diaryl/α,β-unsaturated/α-hetero) is 1.